The third kappa shape index (κ3) is 4.81. The number of anilines is 1. The van der Waals surface area contributed by atoms with E-state index in [1.54, 1.807) is 16.2 Å². The molecule has 7 heteroatoms. The van der Waals surface area contributed by atoms with Crippen molar-refractivity contribution in [2.24, 2.45) is 0 Å². The largest absolute Gasteiger partial charge is 0.326 e. The van der Waals surface area contributed by atoms with Crippen molar-refractivity contribution in [3.05, 3.63) is 57.1 Å². The Hall–Kier alpha value is -1.96. The van der Waals surface area contributed by atoms with Crippen LogP contribution < -0.4 is 5.32 Å². The Labute approximate surface area is 166 Å². The maximum absolute atomic E-state index is 12.5. The van der Waals surface area contributed by atoms with Gasteiger partial charge < -0.3 is 5.32 Å². The minimum Gasteiger partial charge on any atom is -0.326 e. The third-order valence-corrected chi connectivity index (χ3v) is 6.01. The van der Waals surface area contributed by atoms with Gasteiger partial charge in [-0.3, -0.25) is 14.5 Å². The second-order valence-electron chi connectivity index (χ2n) is 5.87. The fraction of sp³-hybridized carbons (Fsp3) is 0.211. The number of nitrogens with one attached hydrogen (secondary N) is 1. The molecule has 0 bridgehead atoms. The van der Waals surface area contributed by atoms with Gasteiger partial charge in [0.1, 0.15) is 4.32 Å². The smallest absolute Gasteiger partial charge is 0.266 e. The monoisotopic (exact) mass is 402 g/mol. The highest BCUT2D eigenvalue weighted by Crippen LogP contribution is 2.33. The molecule has 0 spiro atoms. The second-order valence-corrected chi connectivity index (χ2v) is 8.52. The van der Waals surface area contributed by atoms with Crippen LogP contribution in [0, 0.1) is 6.92 Å². The number of carbonyl (C=O) groups excluding carboxylic acids is 2. The van der Waals surface area contributed by atoms with Crippen molar-refractivity contribution in [3.63, 3.8) is 0 Å². The first-order valence-corrected chi connectivity index (χ1v) is 10.3. The molecule has 1 fully saturated rings. The minimum absolute atomic E-state index is 0.0616. The van der Waals surface area contributed by atoms with Crippen LogP contribution in [0.3, 0.4) is 0 Å². The molecular formula is C19H18N2O2S3. The zero-order valence-corrected chi connectivity index (χ0v) is 16.7. The van der Waals surface area contributed by atoms with E-state index in [1.165, 1.54) is 11.8 Å². The molecule has 1 aliphatic rings. The van der Waals surface area contributed by atoms with Crippen LogP contribution in [-0.4, -0.2) is 27.6 Å². The van der Waals surface area contributed by atoms with Gasteiger partial charge in [-0.1, -0.05) is 47.7 Å². The SMILES string of the molecule is Cc1ccc(NC(=O)CCCN2C(=O)/C(=C/c3cccs3)SC2=S)cc1. The van der Waals surface area contributed by atoms with E-state index in [4.69, 9.17) is 12.2 Å². The van der Waals surface area contributed by atoms with Gasteiger partial charge in [0, 0.05) is 23.5 Å². The molecule has 0 saturated carbocycles. The quantitative estimate of drug-likeness (QED) is 0.563. The van der Waals surface area contributed by atoms with Crippen LogP contribution in [0.5, 0.6) is 0 Å². The predicted molar refractivity (Wildman–Crippen MR) is 113 cm³/mol. The number of thioether (sulfide) groups is 1. The molecule has 0 radical (unpaired) electrons. The van der Waals surface area contributed by atoms with Crippen molar-refractivity contribution in [2.45, 2.75) is 19.8 Å². The van der Waals surface area contributed by atoms with Crippen LogP contribution in [0.25, 0.3) is 6.08 Å². The lowest BCUT2D eigenvalue weighted by Crippen LogP contribution is -2.29. The molecule has 1 aromatic heterocycles. The first-order chi connectivity index (χ1) is 12.5. The first kappa shape index (κ1) is 18.8. The van der Waals surface area contributed by atoms with Crippen molar-refractivity contribution < 1.29 is 9.59 Å². The number of aryl methyl sites for hydroxylation is 1. The Balaban J connectivity index is 1.50. The van der Waals surface area contributed by atoms with Gasteiger partial charge in [-0.15, -0.1) is 11.3 Å². The van der Waals surface area contributed by atoms with Crippen molar-refractivity contribution in [1.29, 1.82) is 0 Å². The third-order valence-electron chi connectivity index (χ3n) is 3.81. The summed E-state index contributed by atoms with van der Waals surface area (Å²) in [6.07, 6.45) is 2.78. The number of thiophene rings is 1. The number of nitrogens with zero attached hydrogens (tertiary/aromatic N) is 1. The normalized spacial score (nSPS) is 15.7. The van der Waals surface area contributed by atoms with Gasteiger partial charge in [-0.2, -0.15) is 0 Å². The van der Waals surface area contributed by atoms with Crippen molar-refractivity contribution >= 4 is 63.2 Å². The molecule has 26 heavy (non-hydrogen) atoms. The average molecular weight is 403 g/mol. The van der Waals surface area contributed by atoms with E-state index >= 15 is 0 Å². The predicted octanol–water partition coefficient (Wildman–Crippen LogP) is 4.68. The average Bonchev–Trinajstić information content (AvgIpc) is 3.21. The maximum Gasteiger partial charge on any atom is 0.266 e. The minimum atomic E-state index is -0.0765. The summed E-state index contributed by atoms with van der Waals surface area (Å²) in [5.74, 6) is -0.138. The molecule has 2 amide bonds. The topological polar surface area (TPSA) is 49.4 Å². The summed E-state index contributed by atoms with van der Waals surface area (Å²) in [4.78, 5) is 27.8. The zero-order valence-electron chi connectivity index (χ0n) is 14.2. The lowest BCUT2D eigenvalue weighted by molar-refractivity contribution is -0.122. The van der Waals surface area contributed by atoms with Crippen LogP contribution >= 0.6 is 35.3 Å². The van der Waals surface area contributed by atoms with Gasteiger partial charge in [0.25, 0.3) is 5.91 Å². The van der Waals surface area contributed by atoms with E-state index in [0.717, 1.165) is 16.1 Å². The number of rotatable bonds is 6. The lowest BCUT2D eigenvalue weighted by atomic mass is 10.2. The number of hydrogen-bond donors (Lipinski definition) is 1. The Bertz CT molecular complexity index is 842. The van der Waals surface area contributed by atoms with E-state index < -0.39 is 0 Å². The van der Waals surface area contributed by atoms with Crippen molar-refractivity contribution in [1.82, 2.24) is 4.90 Å². The summed E-state index contributed by atoms with van der Waals surface area (Å²) in [5.41, 5.74) is 1.93. The Kier molecular flexibility index (Phi) is 6.24. The number of carbonyl (C=O) groups is 2. The molecule has 0 unspecified atom stereocenters. The highest BCUT2D eigenvalue weighted by atomic mass is 32.2. The Morgan fingerprint density at radius 2 is 2.04 bits per heavy atom. The Morgan fingerprint density at radius 3 is 2.73 bits per heavy atom. The zero-order chi connectivity index (χ0) is 18.5. The Morgan fingerprint density at radius 1 is 1.27 bits per heavy atom. The summed E-state index contributed by atoms with van der Waals surface area (Å²) >= 11 is 8.22. The van der Waals surface area contributed by atoms with Crippen LogP contribution in [0.15, 0.2) is 46.7 Å². The molecule has 1 aliphatic heterocycles. The van der Waals surface area contributed by atoms with Gasteiger partial charge in [0.05, 0.1) is 4.91 Å². The van der Waals surface area contributed by atoms with E-state index in [9.17, 15) is 9.59 Å². The van der Waals surface area contributed by atoms with Crippen molar-refractivity contribution in [3.8, 4) is 0 Å². The molecule has 1 aromatic carbocycles. The lowest BCUT2D eigenvalue weighted by Gasteiger charge is -2.14. The number of amides is 2. The molecule has 0 aliphatic carbocycles. The van der Waals surface area contributed by atoms with Gasteiger partial charge in [0.2, 0.25) is 5.91 Å². The van der Waals surface area contributed by atoms with Gasteiger partial charge in [-0.05, 0) is 43.0 Å². The van der Waals surface area contributed by atoms with Crippen LogP contribution in [-0.2, 0) is 9.59 Å². The van der Waals surface area contributed by atoms with E-state index in [1.807, 2.05) is 54.8 Å². The van der Waals surface area contributed by atoms with E-state index in [-0.39, 0.29) is 11.8 Å². The molecule has 4 nitrogen and oxygen atoms in total. The number of thiocarbonyl (C=S) groups is 1. The molecule has 3 rings (SSSR count). The molecule has 1 N–H and O–H groups in total. The summed E-state index contributed by atoms with van der Waals surface area (Å²) in [7, 11) is 0. The summed E-state index contributed by atoms with van der Waals surface area (Å²) in [5, 5.41) is 4.84. The second kappa shape index (κ2) is 8.62. The van der Waals surface area contributed by atoms with Crippen LogP contribution in [0.4, 0.5) is 5.69 Å². The van der Waals surface area contributed by atoms with E-state index in [2.05, 4.69) is 5.32 Å². The molecule has 1 saturated heterocycles. The standard InChI is InChI=1S/C19H18N2O2S3/c1-13-6-8-14(9-7-13)20-17(22)5-2-10-21-18(23)16(26-19(21)24)12-15-4-3-11-25-15/h3-4,6-9,11-12H,2,5,10H2,1H3,(H,20,22)/b16-12-. The molecule has 2 heterocycles. The first-order valence-electron chi connectivity index (χ1n) is 8.18. The summed E-state index contributed by atoms with van der Waals surface area (Å²) in [6.45, 7) is 2.45. The van der Waals surface area contributed by atoms with Gasteiger partial charge in [-0.25, -0.2) is 0 Å². The number of benzene rings is 1. The maximum atomic E-state index is 12.5. The summed E-state index contributed by atoms with van der Waals surface area (Å²) in [6, 6.07) is 11.6. The van der Waals surface area contributed by atoms with Crippen LogP contribution in [0.1, 0.15) is 23.3 Å². The van der Waals surface area contributed by atoms with Gasteiger partial charge >= 0.3 is 0 Å². The molecular weight excluding hydrogens is 384 g/mol. The number of hydrogen-bond acceptors (Lipinski definition) is 5. The molecule has 2 aromatic rings. The van der Waals surface area contributed by atoms with E-state index in [0.29, 0.717) is 28.6 Å². The van der Waals surface area contributed by atoms with Gasteiger partial charge in [0.15, 0.2) is 0 Å². The fourth-order valence-corrected chi connectivity index (χ4v) is 4.48. The molecule has 134 valence electrons. The highest BCUT2D eigenvalue weighted by Gasteiger charge is 2.31. The summed E-state index contributed by atoms with van der Waals surface area (Å²) < 4.78 is 0.553. The van der Waals surface area contributed by atoms with Crippen LogP contribution in [0.2, 0.25) is 0 Å². The molecule has 0 atom stereocenters. The highest BCUT2D eigenvalue weighted by molar-refractivity contribution is 8.26. The van der Waals surface area contributed by atoms with Crippen molar-refractivity contribution in [2.75, 3.05) is 11.9 Å². The fourth-order valence-electron chi connectivity index (χ4n) is 2.45.